The van der Waals surface area contributed by atoms with Crippen molar-refractivity contribution in [1.82, 2.24) is 15.3 Å². The molecule has 12 heteroatoms. The molecule has 0 spiro atoms. The number of aromatic nitrogens is 2. The number of halogens is 1. The van der Waals surface area contributed by atoms with Crippen LogP contribution in [0.5, 0.6) is 0 Å². The molecule has 5 N–H and O–H groups in total. The number of aryl methyl sites for hydroxylation is 1. The second-order valence-corrected chi connectivity index (χ2v) is 12.8. The molecule has 4 aromatic rings. The Kier molecular flexibility index (Phi) is 10.1. The minimum atomic E-state index is -0.627. The van der Waals surface area contributed by atoms with Crippen LogP contribution in [-0.2, 0) is 27.3 Å². The lowest BCUT2D eigenvalue weighted by Gasteiger charge is -2.20. The van der Waals surface area contributed by atoms with Gasteiger partial charge < -0.3 is 21.2 Å². The molecule has 1 aromatic heterocycles. The van der Waals surface area contributed by atoms with Crippen LogP contribution in [0.1, 0.15) is 72.0 Å². The summed E-state index contributed by atoms with van der Waals surface area (Å²) in [5, 5.41) is 10.8. The normalized spacial score (nSPS) is 12.1. The van der Waals surface area contributed by atoms with Gasteiger partial charge in [-0.3, -0.25) is 14.4 Å². The second-order valence-electron chi connectivity index (χ2n) is 12.3. The van der Waals surface area contributed by atoms with Crippen molar-refractivity contribution >= 4 is 46.7 Å². The molecule has 0 unspecified atom stereocenters. The molecule has 0 bridgehead atoms. The summed E-state index contributed by atoms with van der Waals surface area (Å²) in [6, 6.07) is 19.6. The Morgan fingerprint density at radius 1 is 0.936 bits per heavy atom. The maximum absolute atomic E-state index is 13.0. The Morgan fingerprint density at radius 2 is 1.66 bits per heavy atom. The van der Waals surface area contributed by atoms with Crippen LogP contribution in [-0.4, -0.2) is 40.0 Å². The maximum Gasteiger partial charge on any atom is 0.329 e. The van der Waals surface area contributed by atoms with Crippen molar-refractivity contribution < 1.29 is 24.0 Å². The minimum absolute atomic E-state index is 0.141. The highest BCUT2D eigenvalue weighted by molar-refractivity contribution is 6.34. The smallest absolute Gasteiger partial charge is 0.329 e. The van der Waals surface area contributed by atoms with Gasteiger partial charge in [0, 0.05) is 35.5 Å². The fraction of sp³-hybridized carbons (Fsp3) is 0.286. The van der Waals surface area contributed by atoms with E-state index in [0.29, 0.717) is 72.0 Å². The monoisotopic (exact) mass is 656 g/mol. The van der Waals surface area contributed by atoms with Crippen LogP contribution in [0.4, 0.5) is 11.4 Å². The number of unbranched alkanes of at least 4 members (excludes halogenated alkanes) is 1. The average Bonchev–Trinajstić information content (AvgIpc) is 3.43. The Morgan fingerprint density at radius 3 is 2.36 bits per heavy atom. The number of nitrogens with zero attached hydrogens (tertiary/aromatic N) is 2. The Labute approximate surface area is 277 Å². The Bertz CT molecular complexity index is 1830. The second kappa shape index (κ2) is 14.2. The molecule has 11 nitrogen and oxygen atoms in total. The molecule has 1 heterocycles. The fourth-order valence-electron chi connectivity index (χ4n) is 5.21. The quantitative estimate of drug-likeness (QED) is 0.117. The molecule has 244 valence electrons. The van der Waals surface area contributed by atoms with Gasteiger partial charge in [0.25, 0.3) is 11.8 Å². The number of hydrogen-bond acceptors (Lipinski definition) is 7. The van der Waals surface area contributed by atoms with Gasteiger partial charge in [0.2, 0.25) is 5.91 Å². The van der Waals surface area contributed by atoms with Crippen molar-refractivity contribution in [2.45, 2.75) is 52.9 Å². The van der Waals surface area contributed by atoms with E-state index in [0.717, 1.165) is 16.7 Å². The van der Waals surface area contributed by atoms with Crippen LogP contribution in [0.2, 0.25) is 5.02 Å². The van der Waals surface area contributed by atoms with Crippen molar-refractivity contribution in [3.8, 4) is 16.9 Å². The van der Waals surface area contributed by atoms with Crippen molar-refractivity contribution in [3.05, 3.63) is 94.1 Å². The summed E-state index contributed by atoms with van der Waals surface area (Å²) in [5.74, 6) is -1.45. The number of nitrogens with one attached hydrogen (secondary N) is 3. The summed E-state index contributed by atoms with van der Waals surface area (Å²) >= 11 is 6.23. The molecule has 5 rings (SSSR count). The lowest BCUT2D eigenvalue weighted by Crippen LogP contribution is -2.30. The summed E-state index contributed by atoms with van der Waals surface area (Å²) in [4.78, 5) is 54.7. The van der Waals surface area contributed by atoms with E-state index in [-0.39, 0.29) is 23.5 Å². The Hall–Kier alpha value is -5.00. The highest BCUT2D eigenvalue weighted by Crippen LogP contribution is 2.38. The molecule has 1 aliphatic rings. The number of amides is 3. The van der Waals surface area contributed by atoms with Gasteiger partial charge in [0.1, 0.15) is 0 Å². The predicted octanol–water partition coefficient (Wildman–Crippen LogP) is 5.85. The van der Waals surface area contributed by atoms with E-state index in [1.807, 2.05) is 18.2 Å². The van der Waals surface area contributed by atoms with Crippen molar-refractivity contribution in [3.63, 3.8) is 0 Å². The van der Waals surface area contributed by atoms with Gasteiger partial charge in [-0.05, 0) is 101 Å². The zero-order valence-electron chi connectivity index (χ0n) is 26.5. The zero-order chi connectivity index (χ0) is 33.7. The minimum Gasteiger partial charge on any atom is -0.370 e. The first-order valence-corrected chi connectivity index (χ1v) is 15.8. The highest BCUT2D eigenvalue weighted by Gasteiger charge is 2.29. The van der Waals surface area contributed by atoms with Crippen LogP contribution in [0.25, 0.3) is 16.9 Å². The third kappa shape index (κ3) is 7.87. The number of nitrogens with two attached hydrogens (primary N) is 1. The molecule has 0 aliphatic heterocycles. The van der Waals surface area contributed by atoms with E-state index in [2.05, 4.69) is 21.2 Å². The van der Waals surface area contributed by atoms with E-state index < -0.39 is 11.3 Å². The summed E-state index contributed by atoms with van der Waals surface area (Å²) < 4.78 is 1.68. The summed E-state index contributed by atoms with van der Waals surface area (Å²) in [6.07, 6.45) is 2.82. The molecule has 47 heavy (non-hydrogen) atoms. The van der Waals surface area contributed by atoms with Gasteiger partial charge >= 0.3 is 5.97 Å². The van der Waals surface area contributed by atoms with Gasteiger partial charge in [-0.1, -0.05) is 29.8 Å². The van der Waals surface area contributed by atoms with Crippen LogP contribution in [0.3, 0.4) is 0 Å². The first-order valence-electron chi connectivity index (χ1n) is 15.4. The first kappa shape index (κ1) is 33.4. The van der Waals surface area contributed by atoms with E-state index in [1.165, 1.54) is 0 Å². The van der Waals surface area contributed by atoms with Gasteiger partial charge in [-0.2, -0.15) is 10.6 Å². The largest absolute Gasteiger partial charge is 0.370 e. The number of carbonyl (C=O) groups is 4. The lowest BCUT2D eigenvalue weighted by atomic mass is 9.88. The number of rotatable bonds is 11. The molecular weight excluding hydrogens is 620 g/mol. The van der Waals surface area contributed by atoms with E-state index in [1.54, 1.807) is 74.0 Å². The van der Waals surface area contributed by atoms with Crippen molar-refractivity contribution in [2.75, 3.05) is 17.2 Å². The zero-order valence-corrected chi connectivity index (χ0v) is 27.2. The number of primary amides is 1. The molecular formula is C35H37ClN6O5. The first-order chi connectivity index (χ1) is 22.4. The summed E-state index contributed by atoms with van der Waals surface area (Å²) in [6.45, 7) is 5.77. The molecule has 1 aliphatic carbocycles. The number of carbonyl (C=O) groups excluding carboxylic acids is 4. The van der Waals surface area contributed by atoms with E-state index >= 15 is 0 Å². The molecule has 0 saturated heterocycles. The SMILES string of the molecule is CC(C)(C)C(=O)ONCCCCC(=O)Nc1ccc(-n2nc(C(N)=O)c3c2-c2cc(NC(=O)c4ccccc4Cl)ccc2CC3)cc1. The number of hydrogen-bond donors (Lipinski definition) is 4. The third-order valence-electron chi connectivity index (χ3n) is 7.71. The van der Waals surface area contributed by atoms with Crippen LogP contribution in [0, 0.1) is 5.41 Å². The molecule has 3 aromatic carbocycles. The molecule has 0 radical (unpaired) electrons. The standard InChI is InChI=1S/C35H37ClN6O5/c1-35(2,3)34(46)47-38-19-7-6-10-29(43)39-22-14-16-24(17-15-22)42-31-26(30(41-42)32(37)44)18-12-21-11-13-23(20-27(21)31)40-33(45)25-8-4-5-9-28(25)36/h4-5,8-9,11,13-17,20,38H,6-7,10,12,18-19H2,1-3H3,(H2,37,44)(H,39,43)(H,40,45). The van der Waals surface area contributed by atoms with Crippen LogP contribution >= 0.6 is 11.6 Å². The third-order valence-corrected chi connectivity index (χ3v) is 8.04. The van der Waals surface area contributed by atoms with Gasteiger partial charge in [0.05, 0.1) is 27.4 Å². The topological polar surface area (TPSA) is 157 Å². The predicted molar refractivity (Wildman–Crippen MR) is 180 cm³/mol. The fourth-order valence-corrected chi connectivity index (χ4v) is 5.43. The number of hydroxylamine groups is 1. The molecule has 3 amide bonds. The lowest BCUT2D eigenvalue weighted by molar-refractivity contribution is -0.160. The van der Waals surface area contributed by atoms with Gasteiger partial charge in [0.15, 0.2) is 5.69 Å². The van der Waals surface area contributed by atoms with Crippen molar-refractivity contribution in [1.29, 1.82) is 0 Å². The van der Waals surface area contributed by atoms with Gasteiger partial charge in [-0.15, -0.1) is 0 Å². The van der Waals surface area contributed by atoms with Crippen molar-refractivity contribution in [2.24, 2.45) is 11.1 Å². The number of benzene rings is 3. The van der Waals surface area contributed by atoms with E-state index in [4.69, 9.17) is 22.2 Å². The average molecular weight is 657 g/mol. The molecule has 0 saturated carbocycles. The molecule has 0 atom stereocenters. The summed E-state index contributed by atoms with van der Waals surface area (Å²) in [5.41, 5.74) is 13.5. The highest BCUT2D eigenvalue weighted by atomic mass is 35.5. The van der Waals surface area contributed by atoms with Gasteiger partial charge in [-0.25, -0.2) is 9.48 Å². The van der Waals surface area contributed by atoms with Crippen LogP contribution < -0.4 is 21.8 Å². The maximum atomic E-state index is 13.0. The number of anilines is 2. The van der Waals surface area contributed by atoms with E-state index in [9.17, 15) is 19.2 Å². The Balaban J connectivity index is 1.28. The summed E-state index contributed by atoms with van der Waals surface area (Å²) in [7, 11) is 0. The molecule has 0 fully saturated rings. The van der Waals surface area contributed by atoms with Crippen LogP contribution in [0.15, 0.2) is 66.7 Å². The number of fused-ring (bicyclic) bond motifs is 3.